The van der Waals surface area contributed by atoms with Gasteiger partial charge in [0.05, 0.1) is 25.1 Å². The molecule has 0 bridgehead atoms. The molecule has 0 radical (unpaired) electrons. The van der Waals surface area contributed by atoms with Crippen LogP contribution in [0.15, 0.2) is 12.1 Å². The number of methoxy groups -OCH3 is 2. The molecule has 0 saturated carbocycles. The summed E-state index contributed by atoms with van der Waals surface area (Å²) in [7, 11) is 2.82. The van der Waals surface area contributed by atoms with Crippen molar-refractivity contribution in [3.8, 4) is 11.5 Å². The molecule has 0 atom stereocenters. The number of ketones is 1. The van der Waals surface area contributed by atoms with E-state index in [1.165, 1.54) is 26.4 Å². The number of hydrogen-bond donors (Lipinski definition) is 1. The standard InChI is InChI=1S/C11H11BrO5/c1-16-9-3-6(8(13)5-12)7(11(14)15)4-10(9)17-2/h3-4H,5H2,1-2H3,(H,14,15). The second-order valence-electron chi connectivity index (χ2n) is 3.11. The molecule has 0 aliphatic carbocycles. The van der Waals surface area contributed by atoms with Gasteiger partial charge in [0.2, 0.25) is 0 Å². The topological polar surface area (TPSA) is 72.8 Å². The highest BCUT2D eigenvalue weighted by atomic mass is 79.9. The lowest BCUT2D eigenvalue weighted by molar-refractivity contribution is 0.0692. The first-order valence-electron chi connectivity index (χ1n) is 4.63. The van der Waals surface area contributed by atoms with Crippen molar-refractivity contribution in [1.29, 1.82) is 0 Å². The molecule has 0 spiro atoms. The summed E-state index contributed by atoms with van der Waals surface area (Å²) in [6.07, 6.45) is 0. The molecule has 1 N–H and O–H groups in total. The molecule has 0 fully saturated rings. The van der Waals surface area contributed by atoms with Crippen LogP contribution in [0.25, 0.3) is 0 Å². The van der Waals surface area contributed by atoms with Crippen LogP contribution >= 0.6 is 15.9 Å². The van der Waals surface area contributed by atoms with Crippen LogP contribution in [0.5, 0.6) is 11.5 Å². The van der Waals surface area contributed by atoms with E-state index in [1.807, 2.05) is 0 Å². The number of halogens is 1. The summed E-state index contributed by atoms with van der Waals surface area (Å²) in [5, 5.41) is 9.07. The second kappa shape index (κ2) is 5.67. The van der Waals surface area contributed by atoms with E-state index >= 15 is 0 Å². The first-order chi connectivity index (χ1) is 8.04. The Balaban J connectivity index is 3.45. The van der Waals surface area contributed by atoms with Gasteiger partial charge in [-0.05, 0) is 12.1 Å². The highest BCUT2D eigenvalue weighted by molar-refractivity contribution is 9.09. The van der Waals surface area contributed by atoms with Crippen LogP contribution in [0, 0.1) is 0 Å². The van der Waals surface area contributed by atoms with Crippen LogP contribution in [-0.2, 0) is 0 Å². The van der Waals surface area contributed by atoms with Gasteiger partial charge >= 0.3 is 5.97 Å². The number of Topliss-reactive ketones (excluding diaryl/α,β-unsaturated/α-hetero) is 1. The summed E-state index contributed by atoms with van der Waals surface area (Å²) in [6.45, 7) is 0. The maximum Gasteiger partial charge on any atom is 0.336 e. The van der Waals surface area contributed by atoms with Gasteiger partial charge in [0.1, 0.15) is 0 Å². The molecule has 6 heteroatoms. The predicted molar refractivity (Wildman–Crippen MR) is 64.6 cm³/mol. The third-order valence-corrected chi connectivity index (χ3v) is 2.69. The average molecular weight is 303 g/mol. The van der Waals surface area contributed by atoms with Gasteiger partial charge in [-0.25, -0.2) is 4.79 Å². The lowest BCUT2D eigenvalue weighted by atomic mass is 10.0. The molecule has 1 aromatic carbocycles. The molecule has 0 aliphatic rings. The van der Waals surface area contributed by atoms with Crippen molar-refractivity contribution < 1.29 is 24.2 Å². The normalized spacial score (nSPS) is 9.82. The monoisotopic (exact) mass is 302 g/mol. The van der Waals surface area contributed by atoms with E-state index in [0.717, 1.165) is 0 Å². The van der Waals surface area contributed by atoms with Crippen LogP contribution in [0.3, 0.4) is 0 Å². The quantitative estimate of drug-likeness (QED) is 0.665. The fraction of sp³-hybridized carbons (Fsp3) is 0.273. The Morgan fingerprint density at radius 3 is 2.00 bits per heavy atom. The predicted octanol–water partition coefficient (Wildman–Crippen LogP) is 1.98. The van der Waals surface area contributed by atoms with Crippen LogP contribution in [-0.4, -0.2) is 36.4 Å². The molecule has 1 rings (SSSR count). The number of ether oxygens (including phenoxy) is 2. The molecule has 92 valence electrons. The number of carbonyl (C=O) groups excluding carboxylic acids is 1. The van der Waals surface area contributed by atoms with E-state index in [0.29, 0.717) is 5.75 Å². The fourth-order valence-electron chi connectivity index (χ4n) is 1.36. The highest BCUT2D eigenvalue weighted by Gasteiger charge is 2.20. The zero-order chi connectivity index (χ0) is 13.0. The van der Waals surface area contributed by atoms with Gasteiger partial charge < -0.3 is 14.6 Å². The van der Waals surface area contributed by atoms with Crippen LogP contribution in [0.4, 0.5) is 0 Å². The van der Waals surface area contributed by atoms with E-state index < -0.39 is 5.97 Å². The van der Waals surface area contributed by atoms with E-state index in [-0.39, 0.29) is 28.0 Å². The number of carboxylic acid groups (broad SMARTS) is 1. The minimum atomic E-state index is -1.18. The number of benzene rings is 1. The fourth-order valence-corrected chi connectivity index (χ4v) is 1.66. The van der Waals surface area contributed by atoms with Gasteiger partial charge in [-0.2, -0.15) is 0 Å². The summed E-state index contributed by atoms with van der Waals surface area (Å²) < 4.78 is 10.0. The van der Waals surface area contributed by atoms with Crippen LogP contribution < -0.4 is 9.47 Å². The number of alkyl halides is 1. The first kappa shape index (κ1) is 13.5. The van der Waals surface area contributed by atoms with E-state index in [9.17, 15) is 9.59 Å². The van der Waals surface area contributed by atoms with Gasteiger partial charge in [-0.3, -0.25) is 4.79 Å². The summed E-state index contributed by atoms with van der Waals surface area (Å²) in [5.41, 5.74) is -0.0147. The van der Waals surface area contributed by atoms with Gasteiger partial charge in [0.25, 0.3) is 0 Å². The van der Waals surface area contributed by atoms with Crippen molar-refractivity contribution in [3.05, 3.63) is 23.3 Å². The number of carboxylic acids is 1. The molecule has 0 aliphatic heterocycles. The van der Waals surface area contributed by atoms with Gasteiger partial charge in [0, 0.05) is 5.56 Å². The minimum absolute atomic E-state index is 0.0444. The van der Waals surface area contributed by atoms with Crippen molar-refractivity contribution in [2.24, 2.45) is 0 Å². The van der Waals surface area contributed by atoms with Gasteiger partial charge in [-0.15, -0.1) is 0 Å². The minimum Gasteiger partial charge on any atom is -0.493 e. The zero-order valence-corrected chi connectivity index (χ0v) is 10.9. The smallest absolute Gasteiger partial charge is 0.336 e. The van der Waals surface area contributed by atoms with Crippen molar-refractivity contribution in [2.45, 2.75) is 0 Å². The van der Waals surface area contributed by atoms with Crippen molar-refractivity contribution in [1.82, 2.24) is 0 Å². The Morgan fingerprint density at radius 2 is 1.65 bits per heavy atom. The first-order valence-corrected chi connectivity index (χ1v) is 5.75. The zero-order valence-electron chi connectivity index (χ0n) is 9.32. The van der Waals surface area contributed by atoms with Gasteiger partial charge in [0.15, 0.2) is 17.3 Å². The Bertz CT molecular complexity index is 455. The largest absolute Gasteiger partial charge is 0.493 e. The highest BCUT2D eigenvalue weighted by Crippen LogP contribution is 2.31. The molecular weight excluding hydrogens is 292 g/mol. The summed E-state index contributed by atoms with van der Waals surface area (Å²) in [6, 6.07) is 2.64. The lowest BCUT2D eigenvalue weighted by Gasteiger charge is -2.11. The number of rotatable bonds is 5. The molecule has 0 saturated heterocycles. The Morgan fingerprint density at radius 1 is 1.18 bits per heavy atom. The number of aromatic carboxylic acids is 1. The molecular formula is C11H11BrO5. The maximum absolute atomic E-state index is 11.6. The molecule has 0 heterocycles. The molecule has 17 heavy (non-hydrogen) atoms. The molecule has 0 amide bonds. The number of carbonyl (C=O) groups is 2. The third-order valence-electron chi connectivity index (χ3n) is 2.18. The average Bonchev–Trinajstić information content (AvgIpc) is 2.35. The second-order valence-corrected chi connectivity index (χ2v) is 3.68. The summed E-state index contributed by atoms with van der Waals surface area (Å²) in [4.78, 5) is 22.6. The van der Waals surface area contributed by atoms with E-state index in [2.05, 4.69) is 15.9 Å². The third kappa shape index (κ3) is 2.76. The summed E-state index contributed by atoms with van der Waals surface area (Å²) in [5.74, 6) is -0.920. The van der Waals surface area contributed by atoms with Crippen LogP contribution in [0.1, 0.15) is 20.7 Å². The lowest BCUT2D eigenvalue weighted by Crippen LogP contribution is -2.10. The molecule has 0 unspecified atom stereocenters. The van der Waals surface area contributed by atoms with E-state index in [1.54, 1.807) is 0 Å². The summed E-state index contributed by atoms with van der Waals surface area (Å²) >= 11 is 3.00. The van der Waals surface area contributed by atoms with Crippen molar-refractivity contribution >= 4 is 27.7 Å². The van der Waals surface area contributed by atoms with Crippen molar-refractivity contribution in [2.75, 3.05) is 19.5 Å². The van der Waals surface area contributed by atoms with Crippen molar-refractivity contribution in [3.63, 3.8) is 0 Å². The maximum atomic E-state index is 11.6. The molecule has 5 nitrogen and oxygen atoms in total. The van der Waals surface area contributed by atoms with E-state index in [4.69, 9.17) is 14.6 Å². The van der Waals surface area contributed by atoms with Crippen LogP contribution in [0.2, 0.25) is 0 Å². The van der Waals surface area contributed by atoms with Gasteiger partial charge in [-0.1, -0.05) is 15.9 Å². The molecule has 0 aromatic heterocycles. The SMILES string of the molecule is COc1cc(C(=O)O)c(C(=O)CBr)cc1OC. The number of hydrogen-bond acceptors (Lipinski definition) is 4. The Labute approximate surface area is 106 Å². The Kier molecular flexibility index (Phi) is 4.51. The Hall–Kier alpha value is -1.56. The molecule has 1 aromatic rings.